The lowest BCUT2D eigenvalue weighted by atomic mass is 9.83. The van der Waals surface area contributed by atoms with Gasteiger partial charge in [-0.3, -0.25) is 0 Å². The summed E-state index contributed by atoms with van der Waals surface area (Å²) in [5.74, 6) is 1.60. The molecule has 0 bridgehead atoms. The van der Waals surface area contributed by atoms with Crippen molar-refractivity contribution in [3.8, 4) is 5.75 Å². The summed E-state index contributed by atoms with van der Waals surface area (Å²) in [6, 6.07) is 8.26. The van der Waals surface area contributed by atoms with Crippen LogP contribution in [-0.2, 0) is 6.42 Å². The van der Waals surface area contributed by atoms with E-state index in [0.717, 1.165) is 31.4 Å². The van der Waals surface area contributed by atoms with Crippen molar-refractivity contribution in [1.82, 2.24) is 0 Å². The maximum absolute atomic E-state index is 10.1. The van der Waals surface area contributed by atoms with Gasteiger partial charge in [-0.25, -0.2) is 0 Å². The van der Waals surface area contributed by atoms with Gasteiger partial charge in [-0.15, -0.1) is 0 Å². The summed E-state index contributed by atoms with van der Waals surface area (Å²) in [6.45, 7) is 4.38. The predicted molar refractivity (Wildman–Crippen MR) is 78.5 cm³/mol. The molecule has 2 rings (SSSR count). The van der Waals surface area contributed by atoms with Gasteiger partial charge >= 0.3 is 0 Å². The van der Waals surface area contributed by atoms with Gasteiger partial charge in [-0.1, -0.05) is 38.8 Å². The Balaban J connectivity index is 1.95. The lowest BCUT2D eigenvalue weighted by Gasteiger charge is -2.33. The van der Waals surface area contributed by atoms with Crippen molar-refractivity contribution in [2.24, 2.45) is 5.92 Å². The number of aliphatic hydroxyl groups is 1. The largest absolute Gasteiger partial charge is 0.488 e. The van der Waals surface area contributed by atoms with Gasteiger partial charge in [0.05, 0.1) is 6.10 Å². The molecule has 1 aromatic rings. The first kappa shape index (κ1) is 14.4. The van der Waals surface area contributed by atoms with Crippen LogP contribution in [0.4, 0.5) is 0 Å². The van der Waals surface area contributed by atoms with Crippen molar-refractivity contribution < 1.29 is 9.84 Å². The topological polar surface area (TPSA) is 29.5 Å². The van der Waals surface area contributed by atoms with E-state index in [-0.39, 0.29) is 12.2 Å². The molecule has 0 aliphatic heterocycles. The Morgan fingerprint density at radius 3 is 2.53 bits per heavy atom. The third kappa shape index (κ3) is 3.97. The second-order valence-electron chi connectivity index (χ2n) is 5.69. The number of benzene rings is 1. The monoisotopic (exact) mass is 262 g/mol. The molecule has 3 unspecified atom stereocenters. The molecule has 0 radical (unpaired) electrons. The average Bonchev–Trinajstić information content (AvgIpc) is 2.44. The van der Waals surface area contributed by atoms with Crippen molar-refractivity contribution in [2.75, 3.05) is 0 Å². The molecule has 19 heavy (non-hydrogen) atoms. The molecule has 0 aromatic heterocycles. The predicted octanol–water partition coefficient (Wildman–Crippen LogP) is 3.96. The Morgan fingerprint density at radius 2 is 1.89 bits per heavy atom. The molecule has 1 fully saturated rings. The van der Waals surface area contributed by atoms with Crippen LogP contribution in [0.15, 0.2) is 24.3 Å². The molecule has 1 aliphatic carbocycles. The van der Waals surface area contributed by atoms with Crippen LogP contribution in [0.5, 0.6) is 5.75 Å². The average molecular weight is 262 g/mol. The number of ether oxygens (including phenoxy) is 1. The van der Waals surface area contributed by atoms with Gasteiger partial charge in [0.1, 0.15) is 11.9 Å². The van der Waals surface area contributed by atoms with Gasteiger partial charge in [-0.05, 0) is 49.3 Å². The van der Waals surface area contributed by atoms with Crippen molar-refractivity contribution >= 4 is 0 Å². The van der Waals surface area contributed by atoms with Crippen LogP contribution in [0.3, 0.4) is 0 Å². The maximum atomic E-state index is 10.1. The van der Waals surface area contributed by atoms with Crippen LogP contribution >= 0.6 is 0 Å². The minimum absolute atomic E-state index is 0.0298. The zero-order chi connectivity index (χ0) is 13.7. The molecule has 0 amide bonds. The van der Waals surface area contributed by atoms with Crippen molar-refractivity contribution in [1.29, 1.82) is 0 Å². The molecule has 106 valence electrons. The van der Waals surface area contributed by atoms with Crippen LogP contribution in [0, 0.1) is 5.92 Å². The molecule has 2 nitrogen and oxygen atoms in total. The summed E-state index contributed by atoms with van der Waals surface area (Å²) < 4.78 is 5.99. The molecular formula is C17H26O2. The van der Waals surface area contributed by atoms with Gasteiger partial charge in [0.25, 0.3) is 0 Å². The fourth-order valence-electron chi connectivity index (χ4n) is 2.97. The number of rotatable bonds is 5. The Kier molecular flexibility index (Phi) is 5.26. The van der Waals surface area contributed by atoms with Crippen LogP contribution in [0.25, 0.3) is 0 Å². The summed E-state index contributed by atoms with van der Waals surface area (Å²) in [6.07, 6.45) is 6.19. The molecule has 0 saturated heterocycles. The molecule has 1 N–H and O–H groups in total. The Bertz CT molecular complexity index is 371. The second-order valence-corrected chi connectivity index (χ2v) is 5.69. The number of aliphatic hydroxyl groups excluding tert-OH is 1. The van der Waals surface area contributed by atoms with Crippen LogP contribution in [-0.4, -0.2) is 17.3 Å². The van der Waals surface area contributed by atoms with E-state index in [2.05, 4.69) is 26.0 Å². The Labute approximate surface area is 116 Å². The van der Waals surface area contributed by atoms with Gasteiger partial charge in [-0.2, -0.15) is 0 Å². The smallest absolute Gasteiger partial charge is 0.125 e. The van der Waals surface area contributed by atoms with Gasteiger partial charge < -0.3 is 9.84 Å². The molecule has 0 heterocycles. The molecule has 2 heteroatoms. The summed E-state index contributed by atoms with van der Waals surface area (Å²) in [5.41, 5.74) is 1.32. The fraction of sp³-hybridized carbons (Fsp3) is 0.647. The van der Waals surface area contributed by atoms with Crippen molar-refractivity contribution in [3.05, 3.63) is 29.8 Å². The first-order chi connectivity index (χ1) is 9.22. The van der Waals surface area contributed by atoms with E-state index in [0.29, 0.717) is 5.92 Å². The highest BCUT2D eigenvalue weighted by molar-refractivity contribution is 5.27. The van der Waals surface area contributed by atoms with Crippen LogP contribution in [0.2, 0.25) is 0 Å². The first-order valence-electron chi connectivity index (χ1n) is 7.66. The molecule has 1 aliphatic rings. The third-order valence-corrected chi connectivity index (χ3v) is 4.18. The van der Waals surface area contributed by atoms with Crippen LogP contribution < -0.4 is 4.74 Å². The number of aryl methyl sites for hydroxylation is 1. The van der Waals surface area contributed by atoms with E-state index in [1.807, 2.05) is 12.1 Å². The maximum Gasteiger partial charge on any atom is 0.125 e. The lowest BCUT2D eigenvalue weighted by molar-refractivity contribution is -0.0117. The minimum Gasteiger partial charge on any atom is -0.488 e. The Morgan fingerprint density at radius 1 is 1.16 bits per heavy atom. The van der Waals surface area contributed by atoms with Crippen molar-refractivity contribution in [3.63, 3.8) is 0 Å². The zero-order valence-electron chi connectivity index (χ0n) is 12.1. The molecule has 3 atom stereocenters. The van der Waals surface area contributed by atoms with Crippen molar-refractivity contribution in [2.45, 2.75) is 64.6 Å². The number of hydrogen-bond donors (Lipinski definition) is 1. The van der Waals surface area contributed by atoms with Gasteiger partial charge in [0, 0.05) is 0 Å². The van der Waals surface area contributed by atoms with Gasteiger partial charge in [0.15, 0.2) is 0 Å². The normalized spacial score (nSPS) is 27.2. The van der Waals surface area contributed by atoms with E-state index >= 15 is 0 Å². The van der Waals surface area contributed by atoms with Crippen LogP contribution in [0.1, 0.15) is 51.5 Å². The van der Waals surface area contributed by atoms with Gasteiger partial charge in [0.2, 0.25) is 0 Å². The lowest BCUT2D eigenvalue weighted by Crippen LogP contribution is -2.38. The summed E-state index contributed by atoms with van der Waals surface area (Å²) in [7, 11) is 0. The van der Waals surface area contributed by atoms with E-state index in [4.69, 9.17) is 4.74 Å². The second kappa shape index (κ2) is 6.95. The minimum atomic E-state index is -0.307. The standard InChI is InChI=1S/C17H26O2/c1-3-5-14-8-11-16(18)17(12-14)19-15-9-6-13(4-2)7-10-15/h6-7,9-10,14,16-18H,3-5,8,11-12H2,1-2H3. The van der Waals surface area contributed by atoms with E-state index in [1.165, 1.54) is 18.4 Å². The summed E-state index contributed by atoms with van der Waals surface area (Å²) in [5, 5.41) is 10.1. The quantitative estimate of drug-likeness (QED) is 0.870. The van der Waals surface area contributed by atoms with E-state index in [1.54, 1.807) is 0 Å². The third-order valence-electron chi connectivity index (χ3n) is 4.18. The van der Waals surface area contributed by atoms with E-state index < -0.39 is 0 Å². The SMILES string of the molecule is CCCC1CCC(O)C(Oc2ccc(CC)cc2)C1. The summed E-state index contributed by atoms with van der Waals surface area (Å²) in [4.78, 5) is 0. The molecule has 0 spiro atoms. The Hall–Kier alpha value is -1.02. The first-order valence-corrected chi connectivity index (χ1v) is 7.66. The number of hydrogen-bond acceptors (Lipinski definition) is 2. The summed E-state index contributed by atoms with van der Waals surface area (Å²) >= 11 is 0. The molecule has 1 saturated carbocycles. The fourth-order valence-corrected chi connectivity index (χ4v) is 2.97. The van der Waals surface area contributed by atoms with E-state index in [9.17, 15) is 5.11 Å². The molecule has 1 aromatic carbocycles. The highest BCUT2D eigenvalue weighted by Gasteiger charge is 2.30. The zero-order valence-corrected chi connectivity index (χ0v) is 12.1. The highest BCUT2D eigenvalue weighted by Crippen LogP contribution is 2.31. The molecular weight excluding hydrogens is 236 g/mol. The highest BCUT2D eigenvalue weighted by atomic mass is 16.5.